The van der Waals surface area contributed by atoms with E-state index in [0.29, 0.717) is 0 Å². The maximum absolute atomic E-state index is 8.33. The maximum atomic E-state index is 8.33. The topological polar surface area (TPSA) is 180 Å². The molecule has 72 valence electrons. The molecule has 14 heavy (non-hydrogen) atoms. The van der Waals surface area contributed by atoms with E-state index in [1.807, 2.05) is 0 Å². The zero-order valence-corrected chi connectivity index (χ0v) is 9.21. The Kier molecular flexibility index (Phi) is 8.10. The Bertz CT molecular complexity index is 253. The van der Waals surface area contributed by atoms with Gasteiger partial charge in [-0.25, -0.2) is 0 Å². The molecule has 6 N–H and O–H groups in total. The van der Waals surface area contributed by atoms with Crippen molar-refractivity contribution in [3.05, 3.63) is 0 Å². The Morgan fingerprint density at radius 1 is 0.929 bits per heavy atom. The van der Waals surface area contributed by atoms with Gasteiger partial charge in [0.2, 0.25) is 17.8 Å². The summed E-state index contributed by atoms with van der Waals surface area (Å²) in [5.74, 6) is 0.125. The number of anilines is 3. The first kappa shape index (κ1) is 15.4. The molecule has 1 aromatic rings. The molecule has 0 aliphatic carbocycles. The quantitative estimate of drug-likeness (QED) is 0.369. The van der Waals surface area contributed by atoms with Crippen LogP contribution in [0.1, 0.15) is 0 Å². The van der Waals surface area contributed by atoms with Gasteiger partial charge in [-0.1, -0.05) is 0 Å². The summed E-state index contributed by atoms with van der Waals surface area (Å²) in [6, 6.07) is 0. The summed E-state index contributed by atoms with van der Waals surface area (Å²) in [7, 11) is 0. The number of aromatic nitrogens is 3. The van der Waals surface area contributed by atoms with Crippen LogP contribution >= 0.6 is 0 Å². The number of nitrogens with zero attached hydrogens (tertiary/aromatic N) is 3. The van der Waals surface area contributed by atoms with Gasteiger partial charge in [-0.3, -0.25) is 0 Å². The molecule has 0 aliphatic heterocycles. The van der Waals surface area contributed by atoms with Crippen molar-refractivity contribution >= 4 is 61.7 Å². The average Bonchev–Trinajstić information content (AvgIpc) is 1.80. The first-order valence-electron chi connectivity index (χ1n) is 2.82. The SMILES string of the molecule is Nc1nc(N)nc(N)n1.O=C([O-])[O-].[Ca+2]. The summed E-state index contributed by atoms with van der Waals surface area (Å²) in [6.07, 6.45) is -2.33. The molecule has 0 unspecified atom stereocenters. The van der Waals surface area contributed by atoms with Crippen LogP contribution in [0.15, 0.2) is 0 Å². The Labute approximate surface area is 108 Å². The van der Waals surface area contributed by atoms with E-state index in [1.54, 1.807) is 0 Å². The Morgan fingerprint density at radius 3 is 1.21 bits per heavy atom. The van der Waals surface area contributed by atoms with Gasteiger partial charge in [0.15, 0.2) is 0 Å². The minimum atomic E-state index is -2.33. The largest absolute Gasteiger partial charge is 2.00 e. The van der Waals surface area contributed by atoms with Gasteiger partial charge in [0.1, 0.15) is 0 Å². The molecule has 0 atom stereocenters. The van der Waals surface area contributed by atoms with Gasteiger partial charge >= 0.3 is 37.7 Å². The number of hydrogen-bond acceptors (Lipinski definition) is 9. The van der Waals surface area contributed by atoms with Crippen molar-refractivity contribution in [2.24, 2.45) is 0 Å². The second kappa shape index (κ2) is 7.35. The van der Waals surface area contributed by atoms with Crippen molar-refractivity contribution in [3.8, 4) is 0 Å². The Morgan fingerprint density at radius 2 is 1.07 bits per heavy atom. The molecule has 0 saturated heterocycles. The van der Waals surface area contributed by atoms with Crippen molar-refractivity contribution in [1.82, 2.24) is 15.0 Å². The summed E-state index contributed by atoms with van der Waals surface area (Å²) in [6.45, 7) is 0. The number of rotatable bonds is 0. The molecule has 0 spiro atoms. The van der Waals surface area contributed by atoms with Gasteiger partial charge in [-0.2, -0.15) is 15.0 Å². The Hall–Kier alpha value is -1.06. The van der Waals surface area contributed by atoms with E-state index < -0.39 is 6.16 Å². The molecule has 10 heteroatoms. The molecule has 0 aliphatic rings. The molecule has 1 aromatic heterocycles. The van der Waals surface area contributed by atoms with Crippen LogP contribution < -0.4 is 27.4 Å². The number of carbonyl (C=O) groups excluding carboxylic acids is 1. The molecule has 0 aromatic carbocycles. The molecule has 0 bridgehead atoms. The van der Waals surface area contributed by atoms with Gasteiger partial charge in [-0.15, -0.1) is 0 Å². The van der Waals surface area contributed by atoms with Crippen molar-refractivity contribution in [3.63, 3.8) is 0 Å². The molecular weight excluding hydrogens is 220 g/mol. The summed E-state index contributed by atoms with van der Waals surface area (Å²) in [4.78, 5) is 18.8. The fraction of sp³-hybridized carbons (Fsp3) is 0. The number of nitrogen functional groups attached to an aromatic ring is 3. The van der Waals surface area contributed by atoms with Gasteiger partial charge in [-0.05, 0) is 6.16 Å². The first-order valence-corrected chi connectivity index (χ1v) is 2.82. The molecule has 9 nitrogen and oxygen atoms in total. The number of nitrogens with two attached hydrogens (primary N) is 3. The molecule has 0 fully saturated rings. The van der Waals surface area contributed by atoms with Gasteiger partial charge in [0.25, 0.3) is 0 Å². The minimum absolute atomic E-state index is 0. The molecule has 0 saturated carbocycles. The number of carbonyl (C=O) groups is 1. The summed E-state index contributed by atoms with van der Waals surface area (Å²) in [5, 5.41) is 16.7. The van der Waals surface area contributed by atoms with Crippen LogP contribution in [0.25, 0.3) is 0 Å². The van der Waals surface area contributed by atoms with E-state index in [2.05, 4.69) is 15.0 Å². The van der Waals surface area contributed by atoms with Gasteiger partial charge in [0.05, 0.1) is 0 Å². The molecule has 0 radical (unpaired) electrons. The third-order valence-corrected chi connectivity index (χ3v) is 0.687. The summed E-state index contributed by atoms with van der Waals surface area (Å²) >= 11 is 0. The van der Waals surface area contributed by atoms with Crippen LogP contribution in [-0.2, 0) is 0 Å². The average molecular weight is 226 g/mol. The van der Waals surface area contributed by atoms with Crippen LogP contribution in [0.5, 0.6) is 0 Å². The van der Waals surface area contributed by atoms with Crippen LogP contribution in [0.4, 0.5) is 22.6 Å². The Balaban J connectivity index is 0. The fourth-order valence-corrected chi connectivity index (χ4v) is 0.427. The van der Waals surface area contributed by atoms with Crippen LogP contribution in [0.3, 0.4) is 0 Å². The predicted octanol–water partition coefficient (Wildman–Crippen LogP) is -4.21. The monoisotopic (exact) mass is 226 g/mol. The molecule has 1 heterocycles. The summed E-state index contributed by atoms with van der Waals surface area (Å²) < 4.78 is 0. The number of hydrogen-bond donors (Lipinski definition) is 3. The molecule has 1 rings (SSSR count). The first-order chi connectivity index (χ1) is 5.91. The van der Waals surface area contributed by atoms with E-state index in [4.69, 9.17) is 32.2 Å². The molecular formula is C4H6CaN6O3. The van der Waals surface area contributed by atoms with E-state index in [-0.39, 0.29) is 55.6 Å². The standard InChI is InChI=1S/C3H6N6.CH2O3.Ca/c4-1-7-2(5)9-3(6)8-1;2-1(3)4;/h(H6,4,5,6,7,8,9);(H2,2,3,4);/q;;+2/p-2. The van der Waals surface area contributed by atoms with Gasteiger partial charge < -0.3 is 32.2 Å². The zero-order chi connectivity index (χ0) is 10.4. The fourth-order valence-electron chi connectivity index (χ4n) is 0.427. The summed E-state index contributed by atoms with van der Waals surface area (Å²) in [5.41, 5.74) is 15.4. The van der Waals surface area contributed by atoms with Crippen LogP contribution in [0, 0.1) is 0 Å². The number of carboxylic acid groups (broad SMARTS) is 2. The normalized spacial score (nSPS) is 7.71. The van der Waals surface area contributed by atoms with Crippen molar-refractivity contribution in [1.29, 1.82) is 0 Å². The van der Waals surface area contributed by atoms with Crippen molar-refractivity contribution in [2.45, 2.75) is 0 Å². The van der Waals surface area contributed by atoms with Crippen LogP contribution in [0.2, 0.25) is 0 Å². The predicted molar refractivity (Wildman–Crippen MR) is 44.2 cm³/mol. The van der Waals surface area contributed by atoms with Crippen molar-refractivity contribution in [2.75, 3.05) is 17.2 Å². The second-order valence-corrected chi connectivity index (χ2v) is 1.66. The van der Waals surface area contributed by atoms with E-state index >= 15 is 0 Å². The van der Waals surface area contributed by atoms with E-state index in [0.717, 1.165) is 0 Å². The van der Waals surface area contributed by atoms with Crippen molar-refractivity contribution < 1.29 is 15.0 Å². The van der Waals surface area contributed by atoms with Gasteiger partial charge in [0, 0.05) is 0 Å². The smallest absolute Gasteiger partial charge is 0.652 e. The second-order valence-electron chi connectivity index (χ2n) is 1.66. The van der Waals surface area contributed by atoms with Crippen LogP contribution in [-0.4, -0.2) is 58.8 Å². The van der Waals surface area contributed by atoms with E-state index in [9.17, 15) is 0 Å². The zero-order valence-electron chi connectivity index (χ0n) is 7.01. The minimum Gasteiger partial charge on any atom is -0.652 e. The third kappa shape index (κ3) is 9.03. The maximum Gasteiger partial charge on any atom is 2.00 e. The third-order valence-electron chi connectivity index (χ3n) is 0.687. The van der Waals surface area contributed by atoms with E-state index in [1.165, 1.54) is 0 Å². The molecule has 0 amide bonds.